The lowest BCUT2D eigenvalue weighted by molar-refractivity contribution is 0.0370. The van der Waals surface area contributed by atoms with Crippen LogP contribution >= 0.6 is 15.9 Å². The zero-order valence-corrected chi connectivity index (χ0v) is 11.4. The Morgan fingerprint density at radius 2 is 2.44 bits per heavy atom. The summed E-state index contributed by atoms with van der Waals surface area (Å²) < 4.78 is 7.89. The minimum atomic E-state index is 0.262. The highest BCUT2D eigenvalue weighted by Crippen LogP contribution is 2.20. The summed E-state index contributed by atoms with van der Waals surface area (Å²) in [7, 11) is 0. The van der Waals surface area contributed by atoms with Crippen molar-refractivity contribution >= 4 is 21.9 Å². The molecular formula is C11H18BrN3O. The second kappa shape index (κ2) is 5.19. The lowest BCUT2D eigenvalue weighted by atomic mass is 10.2. The van der Waals surface area contributed by atoms with Gasteiger partial charge in [0.25, 0.3) is 0 Å². The molecule has 0 aromatic carbocycles. The van der Waals surface area contributed by atoms with Crippen LogP contribution in [-0.4, -0.2) is 40.2 Å². The molecule has 0 saturated carbocycles. The molecule has 1 aliphatic heterocycles. The molecule has 0 radical (unpaired) electrons. The molecule has 2 unspecified atom stereocenters. The molecule has 0 spiro atoms. The summed E-state index contributed by atoms with van der Waals surface area (Å²) in [6, 6.07) is 0.392. The summed E-state index contributed by atoms with van der Waals surface area (Å²) in [5.41, 5.74) is 0. The molecule has 1 aromatic heterocycles. The Morgan fingerprint density at radius 3 is 3.12 bits per heavy atom. The van der Waals surface area contributed by atoms with E-state index in [2.05, 4.69) is 44.2 Å². The number of aryl methyl sites for hydroxylation is 1. The van der Waals surface area contributed by atoms with Crippen LogP contribution in [0.15, 0.2) is 12.4 Å². The third-order valence-corrected chi connectivity index (χ3v) is 3.69. The smallest absolute Gasteiger partial charge is 0.205 e. The monoisotopic (exact) mass is 287 g/mol. The third kappa shape index (κ3) is 2.25. The minimum Gasteiger partial charge on any atom is -0.373 e. The Hall–Kier alpha value is -0.550. The zero-order valence-electron chi connectivity index (χ0n) is 9.77. The van der Waals surface area contributed by atoms with E-state index in [1.165, 1.54) is 0 Å². The highest BCUT2D eigenvalue weighted by atomic mass is 79.9. The number of morpholine rings is 1. The Bertz CT molecular complexity index is 342. The maximum atomic E-state index is 5.72. The highest BCUT2D eigenvalue weighted by Gasteiger charge is 2.27. The first-order chi connectivity index (χ1) is 7.76. The fraction of sp³-hybridized carbons (Fsp3) is 0.727. The largest absolute Gasteiger partial charge is 0.373 e. The molecule has 4 nitrogen and oxygen atoms in total. The maximum Gasteiger partial charge on any atom is 0.205 e. The van der Waals surface area contributed by atoms with Crippen molar-refractivity contribution in [2.75, 3.05) is 23.4 Å². The first kappa shape index (κ1) is 11.9. The van der Waals surface area contributed by atoms with Gasteiger partial charge in [-0.1, -0.05) is 15.9 Å². The summed E-state index contributed by atoms with van der Waals surface area (Å²) in [6.45, 7) is 6.95. The number of halogens is 1. The van der Waals surface area contributed by atoms with Crippen molar-refractivity contribution < 1.29 is 4.74 Å². The lowest BCUT2D eigenvalue weighted by Gasteiger charge is -2.38. The van der Waals surface area contributed by atoms with E-state index < -0.39 is 0 Å². The normalized spacial score (nSPS) is 26.1. The van der Waals surface area contributed by atoms with Crippen LogP contribution < -0.4 is 4.90 Å². The van der Waals surface area contributed by atoms with Gasteiger partial charge >= 0.3 is 0 Å². The van der Waals surface area contributed by atoms with Crippen LogP contribution in [0.5, 0.6) is 0 Å². The molecule has 2 rings (SSSR count). The van der Waals surface area contributed by atoms with Crippen LogP contribution in [0.2, 0.25) is 0 Å². The number of nitrogens with zero attached hydrogens (tertiary/aromatic N) is 3. The molecule has 0 N–H and O–H groups in total. The molecule has 5 heteroatoms. The summed E-state index contributed by atoms with van der Waals surface area (Å²) >= 11 is 3.48. The van der Waals surface area contributed by atoms with Gasteiger partial charge in [-0.25, -0.2) is 4.98 Å². The van der Waals surface area contributed by atoms with Gasteiger partial charge in [0.1, 0.15) is 0 Å². The Morgan fingerprint density at radius 1 is 1.62 bits per heavy atom. The molecular weight excluding hydrogens is 270 g/mol. The van der Waals surface area contributed by atoms with Crippen molar-refractivity contribution in [1.82, 2.24) is 9.55 Å². The lowest BCUT2D eigenvalue weighted by Crippen LogP contribution is -2.50. The Balaban J connectivity index is 2.17. The zero-order chi connectivity index (χ0) is 11.5. The molecule has 1 aromatic rings. The van der Waals surface area contributed by atoms with Gasteiger partial charge in [0.15, 0.2) is 0 Å². The van der Waals surface area contributed by atoms with Gasteiger partial charge in [0.2, 0.25) is 5.95 Å². The van der Waals surface area contributed by atoms with E-state index in [9.17, 15) is 0 Å². The second-order valence-electron chi connectivity index (χ2n) is 4.12. The van der Waals surface area contributed by atoms with Crippen molar-refractivity contribution in [2.24, 2.45) is 0 Å². The SMILES string of the molecule is CCn1ccnc1N1CC(CBr)OCC1C. The van der Waals surface area contributed by atoms with Crippen molar-refractivity contribution in [3.63, 3.8) is 0 Å². The highest BCUT2D eigenvalue weighted by molar-refractivity contribution is 9.09. The number of anilines is 1. The quantitative estimate of drug-likeness (QED) is 0.796. The second-order valence-corrected chi connectivity index (χ2v) is 4.77. The van der Waals surface area contributed by atoms with Crippen molar-refractivity contribution in [1.29, 1.82) is 0 Å². The van der Waals surface area contributed by atoms with E-state index >= 15 is 0 Å². The molecule has 1 aliphatic rings. The van der Waals surface area contributed by atoms with E-state index in [0.29, 0.717) is 6.04 Å². The van der Waals surface area contributed by atoms with Gasteiger partial charge < -0.3 is 14.2 Å². The first-order valence-electron chi connectivity index (χ1n) is 5.71. The number of hydrogen-bond acceptors (Lipinski definition) is 3. The fourth-order valence-corrected chi connectivity index (χ4v) is 2.39. The van der Waals surface area contributed by atoms with E-state index in [1.54, 1.807) is 0 Å². The van der Waals surface area contributed by atoms with Crippen LogP contribution in [0.25, 0.3) is 0 Å². The summed E-state index contributed by atoms with van der Waals surface area (Å²) in [5, 5.41) is 0.878. The molecule has 0 aliphatic carbocycles. The van der Waals surface area contributed by atoms with Crippen LogP contribution in [0.3, 0.4) is 0 Å². The molecule has 0 amide bonds. The number of imidazole rings is 1. The summed E-state index contributed by atoms with van der Waals surface area (Å²) in [5.74, 6) is 1.06. The third-order valence-electron chi connectivity index (χ3n) is 2.97. The first-order valence-corrected chi connectivity index (χ1v) is 6.83. The number of alkyl halides is 1. The minimum absolute atomic E-state index is 0.262. The number of ether oxygens (including phenoxy) is 1. The van der Waals surface area contributed by atoms with Gasteiger partial charge in [-0.05, 0) is 13.8 Å². The van der Waals surface area contributed by atoms with Crippen molar-refractivity contribution in [3.05, 3.63) is 12.4 Å². The van der Waals surface area contributed by atoms with Gasteiger partial charge in [0, 0.05) is 30.8 Å². The van der Waals surface area contributed by atoms with Gasteiger partial charge in [-0.2, -0.15) is 0 Å². The van der Waals surface area contributed by atoms with Crippen LogP contribution in [0, 0.1) is 0 Å². The predicted molar refractivity (Wildman–Crippen MR) is 68.2 cm³/mol. The molecule has 1 fully saturated rings. The van der Waals surface area contributed by atoms with Gasteiger partial charge in [-0.3, -0.25) is 0 Å². The van der Waals surface area contributed by atoms with Gasteiger partial charge in [0.05, 0.1) is 18.8 Å². The number of rotatable bonds is 3. The predicted octanol–water partition coefficient (Wildman–Crippen LogP) is 1.89. The Kier molecular flexibility index (Phi) is 3.86. The molecule has 90 valence electrons. The topological polar surface area (TPSA) is 30.3 Å². The maximum absolute atomic E-state index is 5.72. The van der Waals surface area contributed by atoms with Crippen LogP contribution in [0.4, 0.5) is 5.95 Å². The molecule has 2 atom stereocenters. The van der Waals surface area contributed by atoms with Crippen molar-refractivity contribution in [2.45, 2.75) is 32.5 Å². The van der Waals surface area contributed by atoms with E-state index in [-0.39, 0.29) is 6.10 Å². The number of hydrogen-bond donors (Lipinski definition) is 0. The fourth-order valence-electron chi connectivity index (χ4n) is 2.00. The molecule has 2 heterocycles. The van der Waals surface area contributed by atoms with E-state index in [1.807, 2.05) is 12.4 Å². The van der Waals surface area contributed by atoms with Gasteiger partial charge in [-0.15, -0.1) is 0 Å². The van der Waals surface area contributed by atoms with E-state index in [0.717, 1.165) is 31.0 Å². The molecule has 0 bridgehead atoms. The van der Waals surface area contributed by atoms with Crippen LogP contribution in [-0.2, 0) is 11.3 Å². The molecule has 1 saturated heterocycles. The number of aromatic nitrogens is 2. The molecule has 16 heavy (non-hydrogen) atoms. The average Bonchev–Trinajstić information content (AvgIpc) is 2.77. The van der Waals surface area contributed by atoms with E-state index in [4.69, 9.17) is 4.74 Å². The van der Waals surface area contributed by atoms with Crippen LogP contribution in [0.1, 0.15) is 13.8 Å². The Labute approximate surface area is 105 Å². The average molecular weight is 288 g/mol. The van der Waals surface area contributed by atoms with Crippen molar-refractivity contribution in [3.8, 4) is 0 Å². The summed E-state index contributed by atoms with van der Waals surface area (Å²) in [6.07, 6.45) is 4.16. The standard InChI is InChI=1S/C11H18BrN3O/c1-3-14-5-4-13-11(14)15-7-10(6-12)16-8-9(15)2/h4-5,9-10H,3,6-8H2,1-2H3. The summed E-state index contributed by atoms with van der Waals surface area (Å²) in [4.78, 5) is 6.78.